The van der Waals surface area contributed by atoms with Gasteiger partial charge in [0.25, 0.3) is 5.79 Å². The first-order chi connectivity index (χ1) is 8.32. The van der Waals surface area contributed by atoms with Gasteiger partial charge in [-0.1, -0.05) is 19.7 Å². The third-order valence-electron chi connectivity index (χ3n) is 2.54. The van der Waals surface area contributed by atoms with E-state index in [1.165, 1.54) is 26.0 Å². The molecule has 0 aromatic carbocycles. The topological polar surface area (TPSA) is 65.1 Å². The molecule has 0 aromatic rings. The molecule has 1 saturated heterocycles. The van der Waals surface area contributed by atoms with E-state index in [4.69, 9.17) is 14.2 Å². The first-order valence-electron chi connectivity index (χ1n) is 5.32. The molecule has 0 amide bonds. The van der Waals surface area contributed by atoms with Crippen LogP contribution in [0.15, 0.2) is 37.5 Å². The molecule has 1 aliphatic heterocycles. The summed E-state index contributed by atoms with van der Waals surface area (Å²) < 4.78 is 15.4. The lowest BCUT2D eigenvalue weighted by molar-refractivity contribution is -0.151. The zero-order chi connectivity index (χ0) is 14.0. The van der Waals surface area contributed by atoms with Gasteiger partial charge in [-0.3, -0.25) is 4.79 Å². The summed E-state index contributed by atoms with van der Waals surface area (Å²) in [6.07, 6.45) is 2.76. The van der Waals surface area contributed by atoms with Crippen molar-refractivity contribution in [3.8, 4) is 0 Å². The Hall–Kier alpha value is -1.88. The maximum Gasteiger partial charge on any atom is 0.333 e. The SMILES string of the molecule is C=CC1(COC(=O)C(=C)C)OC1(C=C)OC(C)=O. The van der Waals surface area contributed by atoms with Crippen LogP contribution in [0.1, 0.15) is 13.8 Å². The maximum absolute atomic E-state index is 11.3. The van der Waals surface area contributed by atoms with Gasteiger partial charge >= 0.3 is 11.9 Å². The number of epoxide rings is 1. The summed E-state index contributed by atoms with van der Waals surface area (Å²) in [6, 6.07) is 0. The summed E-state index contributed by atoms with van der Waals surface area (Å²) >= 11 is 0. The van der Waals surface area contributed by atoms with Crippen LogP contribution in [0, 0.1) is 0 Å². The van der Waals surface area contributed by atoms with Crippen molar-refractivity contribution in [3.63, 3.8) is 0 Å². The Balaban J connectivity index is 2.75. The van der Waals surface area contributed by atoms with Crippen molar-refractivity contribution in [1.29, 1.82) is 0 Å². The number of hydrogen-bond donors (Lipinski definition) is 0. The Morgan fingerprint density at radius 1 is 1.28 bits per heavy atom. The molecule has 98 valence electrons. The van der Waals surface area contributed by atoms with E-state index in [0.717, 1.165) is 0 Å². The van der Waals surface area contributed by atoms with Gasteiger partial charge < -0.3 is 14.2 Å². The molecular formula is C13H16O5. The summed E-state index contributed by atoms with van der Waals surface area (Å²) in [7, 11) is 0. The van der Waals surface area contributed by atoms with Crippen molar-refractivity contribution >= 4 is 11.9 Å². The van der Waals surface area contributed by atoms with Gasteiger partial charge in [0.05, 0.1) is 0 Å². The molecule has 0 N–H and O–H groups in total. The number of carbonyl (C=O) groups excluding carboxylic acids is 2. The van der Waals surface area contributed by atoms with Crippen LogP contribution < -0.4 is 0 Å². The molecule has 2 unspecified atom stereocenters. The molecule has 1 aliphatic rings. The highest BCUT2D eigenvalue weighted by molar-refractivity contribution is 5.87. The summed E-state index contributed by atoms with van der Waals surface area (Å²) in [5, 5.41) is 0. The van der Waals surface area contributed by atoms with E-state index >= 15 is 0 Å². The van der Waals surface area contributed by atoms with Gasteiger partial charge in [0, 0.05) is 12.5 Å². The lowest BCUT2D eigenvalue weighted by Gasteiger charge is -2.14. The van der Waals surface area contributed by atoms with Gasteiger partial charge in [0.2, 0.25) is 0 Å². The fourth-order valence-corrected chi connectivity index (χ4v) is 1.49. The maximum atomic E-state index is 11.3. The third kappa shape index (κ3) is 2.36. The lowest BCUT2D eigenvalue weighted by atomic mass is 10.0. The van der Waals surface area contributed by atoms with Crippen LogP contribution in [-0.2, 0) is 23.8 Å². The van der Waals surface area contributed by atoms with Gasteiger partial charge in [0.15, 0.2) is 5.60 Å². The molecule has 0 spiro atoms. The summed E-state index contributed by atoms with van der Waals surface area (Å²) in [4.78, 5) is 22.3. The van der Waals surface area contributed by atoms with E-state index in [1.54, 1.807) is 0 Å². The number of esters is 2. The molecule has 0 radical (unpaired) electrons. The third-order valence-corrected chi connectivity index (χ3v) is 2.54. The Morgan fingerprint density at radius 2 is 1.89 bits per heavy atom. The lowest BCUT2D eigenvalue weighted by Crippen LogP contribution is -2.32. The second kappa shape index (κ2) is 4.78. The number of ether oxygens (including phenoxy) is 3. The second-order valence-electron chi connectivity index (χ2n) is 4.02. The van der Waals surface area contributed by atoms with Crippen molar-refractivity contribution in [2.24, 2.45) is 0 Å². The molecule has 18 heavy (non-hydrogen) atoms. The van der Waals surface area contributed by atoms with Gasteiger partial charge in [-0.15, -0.1) is 0 Å². The van der Waals surface area contributed by atoms with E-state index in [9.17, 15) is 9.59 Å². The molecule has 1 rings (SSSR count). The molecule has 1 heterocycles. The quantitative estimate of drug-likeness (QED) is 0.310. The minimum atomic E-state index is -1.31. The average molecular weight is 252 g/mol. The highest BCUT2D eigenvalue weighted by atomic mass is 16.8. The van der Waals surface area contributed by atoms with Crippen molar-refractivity contribution in [1.82, 2.24) is 0 Å². The molecule has 0 bridgehead atoms. The first-order valence-corrected chi connectivity index (χ1v) is 5.32. The zero-order valence-electron chi connectivity index (χ0n) is 10.5. The van der Waals surface area contributed by atoms with Crippen LogP contribution in [0.5, 0.6) is 0 Å². The smallest absolute Gasteiger partial charge is 0.333 e. The van der Waals surface area contributed by atoms with Crippen LogP contribution in [0.25, 0.3) is 0 Å². The highest BCUT2D eigenvalue weighted by Crippen LogP contribution is 2.51. The van der Waals surface area contributed by atoms with Crippen molar-refractivity contribution in [2.45, 2.75) is 25.2 Å². The predicted molar refractivity (Wildman–Crippen MR) is 64.5 cm³/mol. The number of carbonyl (C=O) groups is 2. The largest absolute Gasteiger partial charge is 0.459 e. The van der Waals surface area contributed by atoms with Crippen LogP contribution >= 0.6 is 0 Å². The summed E-state index contributed by atoms with van der Waals surface area (Å²) in [5.41, 5.74) is -0.808. The highest BCUT2D eigenvalue weighted by Gasteiger charge is 2.71. The van der Waals surface area contributed by atoms with Crippen molar-refractivity contribution in [2.75, 3.05) is 6.61 Å². The Kier molecular flexibility index (Phi) is 3.76. The van der Waals surface area contributed by atoms with Crippen LogP contribution in [0.3, 0.4) is 0 Å². The van der Waals surface area contributed by atoms with E-state index in [2.05, 4.69) is 19.7 Å². The summed E-state index contributed by atoms with van der Waals surface area (Å²) in [6.45, 7) is 13.3. The number of rotatable bonds is 6. The van der Waals surface area contributed by atoms with Crippen LogP contribution in [0.4, 0.5) is 0 Å². The van der Waals surface area contributed by atoms with Gasteiger partial charge in [-0.05, 0) is 19.1 Å². The standard InChI is InChI=1S/C13H16O5/c1-6-12(8-16-11(15)9(3)4)13(7-2,18-12)17-10(5)14/h6-7H,1-3,8H2,4-5H3. The Bertz CT molecular complexity index is 425. The Labute approximate surface area is 106 Å². The number of hydrogen-bond acceptors (Lipinski definition) is 5. The van der Waals surface area contributed by atoms with Gasteiger partial charge in [-0.2, -0.15) is 0 Å². The molecule has 1 fully saturated rings. The van der Waals surface area contributed by atoms with Gasteiger partial charge in [-0.25, -0.2) is 4.79 Å². The monoisotopic (exact) mass is 252 g/mol. The second-order valence-corrected chi connectivity index (χ2v) is 4.02. The van der Waals surface area contributed by atoms with Crippen LogP contribution in [0.2, 0.25) is 0 Å². The molecule has 5 nitrogen and oxygen atoms in total. The van der Waals surface area contributed by atoms with E-state index < -0.39 is 23.3 Å². The van der Waals surface area contributed by atoms with Crippen molar-refractivity contribution in [3.05, 3.63) is 37.5 Å². The van der Waals surface area contributed by atoms with E-state index in [-0.39, 0.29) is 12.2 Å². The molecule has 2 atom stereocenters. The predicted octanol–water partition coefficient (Wildman–Crippen LogP) is 1.51. The Morgan fingerprint density at radius 3 is 2.28 bits per heavy atom. The minimum absolute atomic E-state index is 0.124. The molecule has 0 aliphatic carbocycles. The normalized spacial score (nSPS) is 29.0. The molecule has 0 saturated carbocycles. The van der Waals surface area contributed by atoms with E-state index in [1.807, 2.05) is 0 Å². The van der Waals surface area contributed by atoms with Gasteiger partial charge in [0.1, 0.15) is 6.61 Å². The van der Waals surface area contributed by atoms with Crippen LogP contribution in [-0.4, -0.2) is 29.9 Å². The fourth-order valence-electron chi connectivity index (χ4n) is 1.49. The zero-order valence-corrected chi connectivity index (χ0v) is 10.5. The molecule has 0 aromatic heterocycles. The van der Waals surface area contributed by atoms with E-state index in [0.29, 0.717) is 0 Å². The average Bonchev–Trinajstić information content (AvgIpc) is 2.94. The molecule has 5 heteroatoms. The fraction of sp³-hybridized carbons (Fsp3) is 0.385. The summed E-state index contributed by atoms with van der Waals surface area (Å²) in [5.74, 6) is -2.38. The van der Waals surface area contributed by atoms with Crippen molar-refractivity contribution < 1.29 is 23.8 Å². The minimum Gasteiger partial charge on any atom is -0.459 e. The first kappa shape index (κ1) is 14.2. The molecular weight excluding hydrogens is 236 g/mol.